The number of anilines is 1. The number of aryl methyl sites for hydroxylation is 1. The Morgan fingerprint density at radius 3 is 2.87 bits per heavy atom. The Kier molecular flexibility index (Phi) is 6.59. The fourth-order valence-electron chi connectivity index (χ4n) is 2.47. The molecule has 126 valence electrons. The topological polar surface area (TPSA) is 56.1 Å². The predicted molar refractivity (Wildman–Crippen MR) is 93.5 cm³/mol. The Morgan fingerprint density at radius 2 is 2.13 bits per heavy atom. The molecule has 0 radical (unpaired) electrons. The minimum absolute atomic E-state index is 0.0278. The first-order valence-corrected chi connectivity index (χ1v) is 8.44. The lowest BCUT2D eigenvalue weighted by Crippen LogP contribution is -2.16. The van der Waals surface area contributed by atoms with Gasteiger partial charge in [-0.25, -0.2) is 4.98 Å². The highest BCUT2D eigenvalue weighted by Gasteiger charge is 2.13. The molecule has 1 aromatic carbocycles. The van der Waals surface area contributed by atoms with Crippen molar-refractivity contribution in [2.75, 3.05) is 18.5 Å². The van der Waals surface area contributed by atoms with Gasteiger partial charge in [-0.05, 0) is 37.8 Å². The summed E-state index contributed by atoms with van der Waals surface area (Å²) in [4.78, 5) is 16.7. The standard InChI is InChI=1S/C18H27N3O2/c1-4-23-13-7-12-21-16-9-6-5-8-15(16)19-18(21)20-17(22)11-10-14(2)3/h5-6,8-9,14H,4,7,10-13H2,1-3H3,(H,19,20,22). The van der Waals surface area contributed by atoms with Gasteiger partial charge in [0.25, 0.3) is 0 Å². The molecular formula is C18H27N3O2. The van der Waals surface area contributed by atoms with E-state index in [0.29, 0.717) is 24.9 Å². The summed E-state index contributed by atoms with van der Waals surface area (Å²) in [6, 6.07) is 7.96. The number of imidazole rings is 1. The zero-order valence-corrected chi connectivity index (χ0v) is 14.3. The Labute approximate surface area is 138 Å². The van der Waals surface area contributed by atoms with Gasteiger partial charge in [0.05, 0.1) is 11.0 Å². The Hall–Kier alpha value is -1.88. The van der Waals surface area contributed by atoms with Crippen LogP contribution in [0.25, 0.3) is 11.0 Å². The monoisotopic (exact) mass is 317 g/mol. The molecule has 1 aromatic heterocycles. The van der Waals surface area contributed by atoms with Gasteiger partial charge in [0.2, 0.25) is 11.9 Å². The maximum Gasteiger partial charge on any atom is 0.226 e. The smallest absolute Gasteiger partial charge is 0.226 e. The molecule has 0 aliphatic carbocycles. The molecule has 1 N–H and O–H groups in total. The lowest BCUT2D eigenvalue weighted by atomic mass is 10.1. The van der Waals surface area contributed by atoms with Crippen LogP contribution in [0.1, 0.15) is 40.0 Å². The van der Waals surface area contributed by atoms with Gasteiger partial charge in [-0.2, -0.15) is 0 Å². The molecule has 0 bridgehead atoms. The summed E-state index contributed by atoms with van der Waals surface area (Å²) < 4.78 is 7.48. The number of rotatable bonds is 9. The minimum atomic E-state index is 0.0278. The molecule has 0 saturated heterocycles. The molecular weight excluding hydrogens is 290 g/mol. The number of ether oxygens (including phenoxy) is 1. The van der Waals surface area contributed by atoms with Crippen molar-refractivity contribution in [1.29, 1.82) is 0 Å². The van der Waals surface area contributed by atoms with E-state index in [1.807, 2.05) is 31.2 Å². The van der Waals surface area contributed by atoms with E-state index in [-0.39, 0.29) is 5.91 Å². The summed E-state index contributed by atoms with van der Waals surface area (Å²) in [7, 11) is 0. The van der Waals surface area contributed by atoms with Crippen molar-refractivity contribution >= 4 is 22.9 Å². The van der Waals surface area contributed by atoms with Gasteiger partial charge in [-0.3, -0.25) is 10.1 Å². The van der Waals surface area contributed by atoms with Gasteiger partial charge in [0, 0.05) is 26.2 Å². The molecule has 2 rings (SSSR count). The van der Waals surface area contributed by atoms with Gasteiger partial charge in [-0.1, -0.05) is 26.0 Å². The third kappa shape index (κ3) is 5.06. The SMILES string of the molecule is CCOCCCn1c(NC(=O)CCC(C)C)nc2ccccc21. The van der Waals surface area contributed by atoms with Crippen molar-refractivity contribution in [3.63, 3.8) is 0 Å². The first-order valence-electron chi connectivity index (χ1n) is 8.44. The van der Waals surface area contributed by atoms with E-state index in [1.54, 1.807) is 0 Å². The van der Waals surface area contributed by atoms with E-state index in [9.17, 15) is 4.79 Å². The highest BCUT2D eigenvalue weighted by Crippen LogP contribution is 2.20. The second kappa shape index (κ2) is 8.67. The van der Waals surface area contributed by atoms with Crippen LogP contribution < -0.4 is 5.32 Å². The fraction of sp³-hybridized carbons (Fsp3) is 0.556. The van der Waals surface area contributed by atoms with Crippen LogP contribution in [-0.4, -0.2) is 28.7 Å². The van der Waals surface area contributed by atoms with E-state index in [1.165, 1.54) is 0 Å². The summed E-state index contributed by atoms with van der Waals surface area (Å²) in [6.07, 6.45) is 2.30. The first kappa shape index (κ1) is 17.5. The number of para-hydroxylation sites is 2. The Bertz CT molecular complexity index is 634. The van der Waals surface area contributed by atoms with E-state index < -0.39 is 0 Å². The number of benzene rings is 1. The number of nitrogens with zero attached hydrogens (tertiary/aromatic N) is 2. The largest absolute Gasteiger partial charge is 0.382 e. The molecule has 0 fully saturated rings. The van der Waals surface area contributed by atoms with Gasteiger partial charge < -0.3 is 9.30 Å². The molecule has 0 spiro atoms. The van der Waals surface area contributed by atoms with Crippen molar-refractivity contribution in [3.8, 4) is 0 Å². The van der Waals surface area contributed by atoms with Crippen molar-refractivity contribution in [1.82, 2.24) is 9.55 Å². The Morgan fingerprint density at radius 1 is 1.35 bits per heavy atom. The number of amides is 1. The summed E-state index contributed by atoms with van der Waals surface area (Å²) in [5, 5.41) is 2.97. The van der Waals surface area contributed by atoms with Crippen LogP contribution in [0.4, 0.5) is 5.95 Å². The zero-order valence-electron chi connectivity index (χ0n) is 14.3. The lowest BCUT2D eigenvalue weighted by Gasteiger charge is -2.10. The fourth-order valence-corrected chi connectivity index (χ4v) is 2.47. The number of carbonyl (C=O) groups excluding carboxylic acids is 1. The van der Waals surface area contributed by atoms with Crippen molar-refractivity contribution in [2.45, 2.75) is 46.6 Å². The van der Waals surface area contributed by atoms with E-state index in [0.717, 1.165) is 37.0 Å². The Balaban J connectivity index is 2.11. The summed E-state index contributed by atoms with van der Waals surface area (Å²) in [5.74, 6) is 1.18. The van der Waals surface area contributed by atoms with E-state index >= 15 is 0 Å². The normalized spacial score (nSPS) is 11.3. The number of hydrogen-bond donors (Lipinski definition) is 1. The maximum absolute atomic E-state index is 12.1. The molecule has 0 atom stereocenters. The maximum atomic E-state index is 12.1. The van der Waals surface area contributed by atoms with E-state index in [2.05, 4.69) is 28.7 Å². The molecule has 0 aliphatic rings. The van der Waals surface area contributed by atoms with Crippen LogP contribution in [0.2, 0.25) is 0 Å². The third-order valence-corrected chi connectivity index (χ3v) is 3.73. The van der Waals surface area contributed by atoms with Crippen LogP contribution in [0.5, 0.6) is 0 Å². The van der Waals surface area contributed by atoms with Crippen LogP contribution in [0, 0.1) is 5.92 Å². The van der Waals surface area contributed by atoms with Crippen molar-refractivity contribution in [2.24, 2.45) is 5.92 Å². The average Bonchev–Trinajstić information content (AvgIpc) is 2.87. The molecule has 1 amide bonds. The van der Waals surface area contributed by atoms with Gasteiger partial charge in [0.1, 0.15) is 0 Å². The molecule has 5 heteroatoms. The first-order chi connectivity index (χ1) is 11.1. The molecule has 2 aromatic rings. The van der Waals surface area contributed by atoms with Crippen molar-refractivity contribution in [3.05, 3.63) is 24.3 Å². The minimum Gasteiger partial charge on any atom is -0.382 e. The molecule has 23 heavy (non-hydrogen) atoms. The summed E-state index contributed by atoms with van der Waals surface area (Å²) in [5.41, 5.74) is 1.95. The quantitative estimate of drug-likeness (QED) is 0.715. The molecule has 0 aliphatic heterocycles. The van der Waals surface area contributed by atoms with Gasteiger partial charge >= 0.3 is 0 Å². The van der Waals surface area contributed by atoms with Crippen molar-refractivity contribution < 1.29 is 9.53 Å². The lowest BCUT2D eigenvalue weighted by molar-refractivity contribution is -0.116. The van der Waals surface area contributed by atoms with Gasteiger partial charge in [0.15, 0.2) is 0 Å². The van der Waals surface area contributed by atoms with Gasteiger partial charge in [-0.15, -0.1) is 0 Å². The number of fused-ring (bicyclic) bond motifs is 1. The second-order valence-electron chi connectivity index (χ2n) is 6.11. The molecule has 1 heterocycles. The molecule has 5 nitrogen and oxygen atoms in total. The third-order valence-electron chi connectivity index (χ3n) is 3.73. The van der Waals surface area contributed by atoms with Crippen LogP contribution in [0.3, 0.4) is 0 Å². The second-order valence-corrected chi connectivity index (χ2v) is 6.11. The number of hydrogen-bond acceptors (Lipinski definition) is 3. The predicted octanol–water partition coefficient (Wildman–Crippen LogP) is 3.84. The molecule has 0 saturated carbocycles. The average molecular weight is 317 g/mol. The zero-order chi connectivity index (χ0) is 16.7. The number of aromatic nitrogens is 2. The highest BCUT2D eigenvalue weighted by molar-refractivity contribution is 5.91. The molecule has 0 unspecified atom stereocenters. The van der Waals surface area contributed by atoms with Crippen LogP contribution in [0.15, 0.2) is 24.3 Å². The summed E-state index contributed by atoms with van der Waals surface area (Å²) in [6.45, 7) is 8.45. The van der Waals surface area contributed by atoms with Crippen LogP contribution >= 0.6 is 0 Å². The number of carbonyl (C=O) groups is 1. The van der Waals surface area contributed by atoms with Crippen LogP contribution in [-0.2, 0) is 16.1 Å². The number of nitrogens with one attached hydrogen (secondary N) is 1. The highest BCUT2D eigenvalue weighted by atomic mass is 16.5. The summed E-state index contributed by atoms with van der Waals surface area (Å²) >= 11 is 0. The van der Waals surface area contributed by atoms with E-state index in [4.69, 9.17) is 4.74 Å².